The van der Waals surface area contributed by atoms with Gasteiger partial charge in [0.25, 0.3) is 0 Å². The van der Waals surface area contributed by atoms with Crippen LogP contribution in [-0.2, 0) is 17.9 Å². The molecule has 1 heterocycles. The molecule has 1 N–H and O–H groups in total. The number of hydrogen-bond acceptors (Lipinski definition) is 4. The molecule has 0 spiro atoms. The van der Waals surface area contributed by atoms with Crippen molar-refractivity contribution in [1.29, 1.82) is 0 Å². The number of nitrogens with one attached hydrogen (secondary N) is 1. The lowest BCUT2D eigenvalue weighted by Crippen LogP contribution is -2.45. The molecule has 0 aromatic heterocycles. The van der Waals surface area contributed by atoms with Crippen molar-refractivity contribution in [2.75, 3.05) is 39.3 Å². The van der Waals surface area contributed by atoms with Crippen molar-refractivity contribution >= 4 is 5.91 Å². The molecule has 0 aliphatic carbocycles. The Morgan fingerprint density at radius 2 is 1.60 bits per heavy atom. The number of carbonyl (C=O) groups is 1. The van der Waals surface area contributed by atoms with Crippen LogP contribution >= 0.6 is 0 Å². The van der Waals surface area contributed by atoms with Gasteiger partial charge in [-0.2, -0.15) is 0 Å². The highest BCUT2D eigenvalue weighted by Crippen LogP contribution is 2.16. The van der Waals surface area contributed by atoms with E-state index >= 15 is 0 Å². The molecular weight excluding hydrogens is 374 g/mol. The van der Waals surface area contributed by atoms with Crippen LogP contribution < -0.4 is 10.1 Å². The number of ether oxygens (including phenoxy) is 1. The van der Waals surface area contributed by atoms with Gasteiger partial charge in [-0.15, -0.1) is 0 Å². The number of aryl methyl sites for hydroxylation is 2. The van der Waals surface area contributed by atoms with E-state index < -0.39 is 0 Å². The summed E-state index contributed by atoms with van der Waals surface area (Å²) in [6.45, 7) is 14.0. The van der Waals surface area contributed by atoms with Crippen molar-refractivity contribution in [1.82, 2.24) is 15.1 Å². The van der Waals surface area contributed by atoms with E-state index in [0.29, 0.717) is 19.6 Å². The minimum atomic E-state index is 0.0108. The SMILES string of the molecule is CCN1CCN(Cc2ccc(CNC(=O)CCOc3ccc(C)c(C)c3)cc2)CC1. The van der Waals surface area contributed by atoms with Gasteiger partial charge in [0.2, 0.25) is 5.91 Å². The Morgan fingerprint density at radius 1 is 0.933 bits per heavy atom. The Morgan fingerprint density at radius 3 is 2.27 bits per heavy atom. The summed E-state index contributed by atoms with van der Waals surface area (Å²) in [6.07, 6.45) is 0.356. The highest BCUT2D eigenvalue weighted by molar-refractivity contribution is 5.76. The third-order valence-electron chi connectivity index (χ3n) is 5.91. The second-order valence-corrected chi connectivity index (χ2v) is 8.15. The summed E-state index contributed by atoms with van der Waals surface area (Å²) in [5, 5.41) is 2.98. The first kappa shape index (κ1) is 22.3. The third-order valence-corrected chi connectivity index (χ3v) is 5.91. The number of likely N-dealkylation sites (N-methyl/N-ethyl adjacent to an activating group) is 1. The van der Waals surface area contributed by atoms with Crippen LogP contribution in [0.4, 0.5) is 0 Å². The molecule has 0 radical (unpaired) electrons. The van der Waals surface area contributed by atoms with Crippen LogP contribution in [0.15, 0.2) is 42.5 Å². The minimum absolute atomic E-state index is 0.0108. The van der Waals surface area contributed by atoms with Gasteiger partial charge in [-0.25, -0.2) is 0 Å². The summed E-state index contributed by atoms with van der Waals surface area (Å²) in [6, 6.07) is 14.6. The lowest BCUT2D eigenvalue weighted by molar-refractivity contribution is -0.121. The summed E-state index contributed by atoms with van der Waals surface area (Å²) in [5.74, 6) is 0.828. The molecule has 2 aromatic carbocycles. The van der Waals surface area contributed by atoms with Crippen molar-refractivity contribution in [2.24, 2.45) is 0 Å². The van der Waals surface area contributed by atoms with Gasteiger partial charge in [0.15, 0.2) is 0 Å². The molecule has 1 aliphatic rings. The van der Waals surface area contributed by atoms with E-state index in [-0.39, 0.29) is 5.91 Å². The zero-order valence-electron chi connectivity index (χ0n) is 18.6. The minimum Gasteiger partial charge on any atom is -0.493 e. The molecule has 2 aromatic rings. The van der Waals surface area contributed by atoms with Crippen LogP contribution in [0.25, 0.3) is 0 Å². The van der Waals surface area contributed by atoms with Gasteiger partial charge in [-0.05, 0) is 54.8 Å². The summed E-state index contributed by atoms with van der Waals surface area (Å²) in [4.78, 5) is 17.1. The highest BCUT2D eigenvalue weighted by atomic mass is 16.5. The van der Waals surface area contributed by atoms with E-state index in [4.69, 9.17) is 4.74 Å². The number of benzene rings is 2. The van der Waals surface area contributed by atoms with Gasteiger partial charge in [0.05, 0.1) is 13.0 Å². The maximum Gasteiger partial charge on any atom is 0.223 e. The maximum atomic E-state index is 12.1. The summed E-state index contributed by atoms with van der Waals surface area (Å²) in [7, 11) is 0. The number of amides is 1. The predicted molar refractivity (Wildman–Crippen MR) is 122 cm³/mol. The average molecular weight is 410 g/mol. The van der Waals surface area contributed by atoms with E-state index in [0.717, 1.165) is 50.6 Å². The van der Waals surface area contributed by atoms with E-state index in [1.54, 1.807) is 0 Å². The molecule has 1 saturated heterocycles. The quantitative estimate of drug-likeness (QED) is 0.688. The zero-order valence-corrected chi connectivity index (χ0v) is 18.6. The number of nitrogens with zero attached hydrogens (tertiary/aromatic N) is 2. The fourth-order valence-electron chi connectivity index (χ4n) is 3.64. The van der Waals surface area contributed by atoms with Gasteiger partial charge >= 0.3 is 0 Å². The Hall–Kier alpha value is -2.37. The van der Waals surface area contributed by atoms with Crippen LogP contribution in [0, 0.1) is 13.8 Å². The smallest absolute Gasteiger partial charge is 0.223 e. The second kappa shape index (κ2) is 11.1. The molecule has 5 heteroatoms. The lowest BCUT2D eigenvalue weighted by Gasteiger charge is -2.34. The fraction of sp³-hybridized carbons (Fsp3) is 0.480. The third kappa shape index (κ3) is 6.85. The number of hydrogen-bond donors (Lipinski definition) is 1. The van der Waals surface area contributed by atoms with E-state index in [2.05, 4.69) is 60.2 Å². The molecule has 1 aliphatic heterocycles. The van der Waals surface area contributed by atoms with Crippen LogP contribution in [-0.4, -0.2) is 55.0 Å². The summed E-state index contributed by atoms with van der Waals surface area (Å²) < 4.78 is 5.70. The molecule has 5 nitrogen and oxygen atoms in total. The monoisotopic (exact) mass is 409 g/mol. The topological polar surface area (TPSA) is 44.8 Å². The van der Waals surface area contributed by atoms with Crippen molar-refractivity contribution in [3.63, 3.8) is 0 Å². The van der Waals surface area contributed by atoms with Crippen LogP contribution in [0.1, 0.15) is 35.6 Å². The van der Waals surface area contributed by atoms with E-state index in [1.807, 2.05) is 18.2 Å². The Labute approximate surface area is 181 Å². The summed E-state index contributed by atoms with van der Waals surface area (Å²) in [5.41, 5.74) is 4.89. The van der Waals surface area contributed by atoms with Crippen molar-refractivity contribution in [3.05, 3.63) is 64.7 Å². The molecule has 3 rings (SSSR count). The molecule has 1 fully saturated rings. The number of rotatable bonds is 9. The van der Waals surface area contributed by atoms with Crippen LogP contribution in [0.3, 0.4) is 0 Å². The van der Waals surface area contributed by atoms with Gasteiger partial charge < -0.3 is 15.0 Å². The number of carbonyl (C=O) groups excluding carboxylic acids is 1. The van der Waals surface area contributed by atoms with E-state index in [1.165, 1.54) is 16.7 Å². The maximum absolute atomic E-state index is 12.1. The van der Waals surface area contributed by atoms with Crippen molar-refractivity contribution in [3.8, 4) is 5.75 Å². The normalized spacial score (nSPS) is 15.2. The van der Waals surface area contributed by atoms with Crippen LogP contribution in [0.2, 0.25) is 0 Å². The predicted octanol–water partition coefficient (Wildman–Crippen LogP) is 3.53. The van der Waals surface area contributed by atoms with Crippen LogP contribution in [0.5, 0.6) is 5.75 Å². The molecule has 0 atom stereocenters. The zero-order chi connectivity index (χ0) is 21.3. The molecule has 0 bridgehead atoms. The molecule has 162 valence electrons. The van der Waals surface area contributed by atoms with Gasteiger partial charge in [-0.3, -0.25) is 9.69 Å². The van der Waals surface area contributed by atoms with Gasteiger partial charge in [0, 0.05) is 39.3 Å². The molecule has 30 heavy (non-hydrogen) atoms. The Bertz CT molecular complexity index is 812. The van der Waals surface area contributed by atoms with Crippen molar-refractivity contribution in [2.45, 2.75) is 40.3 Å². The highest BCUT2D eigenvalue weighted by Gasteiger charge is 2.15. The molecule has 0 saturated carbocycles. The first-order chi connectivity index (χ1) is 14.5. The summed E-state index contributed by atoms with van der Waals surface area (Å²) >= 11 is 0. The average Bonchev–Trinajstić information content (AvgIpc) is 2.76. The molecule has 1 amide bonds. The standard InChI is InChI=1S/C25H35N3O2/c1-4-27-12-14-28(15-13-27)19-23-8-6-22(7-9-23)18-26-25(29)11-16-30-24-10-5-20(2)21(3)17-24/h5-10,17H,4,11-16,18-19H2,1-3H3,(H,26,29). The van der Waals surface area contributed by atoms with Crippen molar-refractivity contribution < 1.29 is 9.53 Å². The Kier molecular flexibility index (Phi) is 8.29. The van der Waals surface area contributed by atoms with E-state index in [9.17, 15) is 4.79 Å². The lowest BCUT2D eigenvalue weighted by atomic mass is 10.1. The molecular formula is C25H35N3O2. The second-order valence-electron chi connectivity index (χ2n) is 8.15. The molecule has 0 unspecified atom stereocenters. The number of piperazine rings is 1. The fourth-order valence-corrected chi connectivity index (χ4v) is 3.64. The van der Waals surface area contributed by atoms with Gasteiger partial charge in [0.1, 0.15) is 5.75 Å². The largest absolute Gasteiger partial charge is 0.493 e. The first-order valence-corrected chi connectivity index (χ1v) is 11.0. The van der Waals surface area contributed by atoms with Gasteiger partial charge in [-0.1, -0.05) is 37.3 Å². The Balaban J connectivity index is 1.35. The first-order valence-electron chi connectivity index (χ1n) is 11.0.